The van der Waals surface area contributed by atoms with Crippen LogP contribution in [0.15, 0.2) is 23.2 Å². The second kappa shape index (κ2) is 5.95. The summed E-state index contributed by atoms with van der Waals surface area (Å²) in [6.07, 6.45) is -4.37. The van der Waals surface area contributed by atoms with Gasteiger partial charge in [0.25, 0.3) is 0 Å². The second-order valence-electron chi connectivity index (χ2n) is 4.77. The lowest BCUT2D eigenvalue weighted by atomic mass is 10.1. The molecular formula is C13H18F3N3. The summed E-state index contributed by atoms with van der Waals surface area (Å²) in [5.41, 5.74) is 5.39. The topological polar surface area (TPSA) is 50.4 Å². The molecule has 0 fully saturated rings. The molecule has 1 rings (SSSR count). The zero-order valence-electron chi connectivity index (χ0n) is 11.2. The number of nitrogens with two attached hydrogens (primary N) is 1. The number of halogens is 3. The Kier molecular flexibility index (Phi) is 4.80. The summed E-state index contributed by atoms with van der Waals surface area (Å²) in [5.74, 6) is 0.454. The molecule has 0 radical (unpaired) electrons. The van der Waals surface area contributed by atoms with Gasteiger partial charge in [-0.2, -0.15) is 13.2 Å². The van der Waals surface area contributed by atoms with Crippen molar-refractivity contribution in [1.29, 1.82) is 0 Å². The fourth-order valence-corrected chi connectivity index (χ4v) is 1.47. The first-order valence-electron chi connectivity index (χ1n) is 5.95. The Balaban J connectivity index is 2.89. The van der Waals surface area contributed by atoms with E-state index in [0.29, 0.717) is 12.5 Å². The molecule has 0 bridgehead atoms. The lowest BCUT2D eigenvalue weighted by Crippen LogP contribution is -2.23. The molecule has 0 aromatic heterocycles. The minimum Gasteiger partial charge on any atom is -0.370 e. The molecule has 1 aromatic carbocycles. The molecule has 3 nitrogen and oxygen atoms in total. The summed E-state index contributed by atoms with van der Waals surface area (Å²) < 4.78 is 38.2. The van der Waals surface area contributed by atoms with Crippen LogP contribution >= 0.6 is 0 Å². The van der Waals surface area contributed by atoms with E-state index in [1.807, 2.05) is 13.8 Å². The third-order valence-corrected chi connectivity index (χ3v) is 2.44. The zero-order chi connectivity index (χ0) is 14.6. The molecule has 0 unspecified atom stereocenters. The van der Waals surface area contributed by atoms with E-state index < -0.39 is 11.7 Å². The normalized spacial score (nSPS) is 12.9. The number of guanidine groups is 1. The number of nitrogens with one attached hydrogen (secondary N) is 1. The van der Waals surface area contributed by atoms with Crippen LogP contribution in [0.2, 0.25) is 0 Å². The molecule has 0 saturated carbocycles. The highest BCUT2D eigenvalue weighted by molar-refractivity contribution is 5.92. The van der Waals surface area contributed by atoms with Crippen LogP contribution in [-0.4, -0.2) is 12.5 Å². The predicted molar refractivity (Wildman–Crippen MR) is 71.1 cm³/mol. The van der Waals surface area contributed by atoms with Crippen molar-refractivity contribution in [2.75, 3.05) is 11.9 Å². The van der Waals surface area contributed by atoms with Gasteiger partial charge in [-0.1, -0.05) is 19.9 Å². The summed E-state index contributed by atoms with van der Waals surface area (Å²) in [5, 5.41) is 2.66. The molecular weight excluding hydrogens is 255 g/mol. The Labute approximate surface area is 110 Å². The average Bonchev–Trinajstić information content (AvgIpc) is 2.27. The van der Waals surface area contributed by atoms with E-state index in [0.717, 1.165) is 6.07 Å². The predicted octanol–water partition coefficient (Wildman–Crippen LogP) is 3.40. The van der Waals surface area contributed by atoms with Gasteiger partial charge < -0.3 is 11.1 Å². The van der Waals surface area contributed by atoms with Crippen LogP contribution in [-0.2, 0) is 6.18 Å². The summed E-state index contributed by atoms with van der Waals surface area (Å²) in [7, 11) is 0. The summed E-state index contributed by atoms with van der Waals surface area (Å²) in [6, 6.07) is 3.98. The van der Waals surface area contributed by atoms with Gasteiger partial charge in [0, 0.05) is 12.2 Å². The van der Waals surface area contributed by atoms with E-state index in [2.05, 4.69) is 10.3 Å². The monoisotopic (exact) mass is 273 g/mol. The number of anilines is 1. The van der Waals surface area contributed by atoms with Crippen LogP contribution in [0, 0.1) is 12.8 Å². The Morgan fingerprint density at radius 1 is 1.37 bits per heavy atom. The van der Waals surface area contributed by atoms with E-state index in [1.165, 1.54) is 13.0 Å². The summed E-state index contributed by atoms with van der Waals surface area (Å²) in [6.45, 7) is 5.90. The fraction of sp³-hybridized carbons (Fsp3) is 0.462. The largest absolute Gasteiger partial charge is 0.416 e. The highest BCUT2D eigenvalue weighted by atomic mass is 19.4. The Morgan fingerprint density at radius 2 is 2.00 bits per heavy atom. The molecule has 0 saturated heterocycles. The quantitative estimate of drug-likeness (QED) is 0.655. The molecule has 0 amide bonds. The number of benzene rings is 1. The average molecular weight is 273 g/mol. The van der Waals surface area contributed by atoms with Crippen molar-refractivity contribution in [2.24, 2.45) is 16.6 Å². The molecule has 0 aliphatic carbocycles. The Bertz CT molecular complexity index is 465. The highest BCUT2D eigenvalue weighted by Crippen LogP contribution is 2.33. The van der Waals surface area contributed by atoms with Crippen LogP contribution in [0.3, 0.4) is 0 Å². The molecule has 0 atom stereocenters. The number of alkyl halides is 3. The fourth-order valence-electron chi connectivity index (χ4n) is 1.47. The van der Waals surface area contributed by atoms with Crippen LogP contribution in [0.5, 0.6) is 0 Å². The standard InChI is InChI=1S/C13H18F3N3/c1-8(2)7-18-12(17)19-10-5-4-9(3)11(6-10)13(14,15)16/h4-6,8H,7H2,1-3H3,(H3,17,18,19). The van der Waals surface area contributed by atoms with E-state index in [4.69, 9.17) is 5.73 Å². The number of rotatable bonds is 3. The van der Waals surface area contributed by atoms with Crippen molar-refractivity contribution in [3.05, 3.63) is 29.3 Å². The Hall–Kier alpha value is -1.72. The second-order valence-corrected chi connectivity index (χ2v) is 4.77. The van der Waals surface area contributed by atoms with E-state index in [-0.39, 0.29) is 17.2 Å². The van der Waals surface area contributed by atoms with Crippen molar-refractivity contribution >= 4 is 11.6 Å². The third kappa shape index (κ3) is 4.81. The van der Waals surface area contributed by atoms with Crippen LogP contribution in [0.25, 0.3) is 0 Å². The van der Waals surface area contributed by atoms with Gasteiger partial charge in [0.2, 0.25) is 0 Å². The molecule has 6 heteroatoms. The lowest BCUT2D eigenvalue weighted by molar-refractivity contribution is -0.138. The summed E-state index contributed by atoms with van der Waals surface area (Å²) >= 11 is 0. The molecule has 0 spiro atoms. The van der Waals surface area contributed by atoms with Gasteiger partial charge >= 0.3 is 6.18 Å². The smallest absolute Gasteiger partial charge is 0.370 e. The number of aliphatic imine (C=N–C) groups is 1. The first-order valence-corrected chi connectivity index (χ1v) is 5.95. The zero-order valence-corrected chi connectivity index (χ0v) is 11.2. The molecule has 19 heavy (non-hydrogen) atoms. The van der Waals surface area contributed by atoms with E-state index in [9.17, 15) is 13.2 Å². The van der Waals surface area contributed by atoms with Gasteiger partial charge in [-0.15, -0.1) is 0 Å². The number of hydrogen-bond acceptors (Lipinski definition) is 1. The van der Waals surface area contributed by atoms with Gasteiger partial charge in [-0.05, 0) is 30.5 Å². The molecule has 3 N–H and O–H groups in total. The maximum Gasteiger partial charge on any atom is 0.416 e. The van der Waals surface area contributed by atoms with Crippen LogP contribution < -0.4 is 11.1 Å². The van der Waals surface area contributed by atoms with Crippen LogP contribution in [0.4, 0.5) is 18.9 Å². The number of nitrogens with zero attached hydrogens (tertiary/aromatic N) is 1. The summed E-state index contributed by atoms with van der Waals surface area (Å²) in [4.78, 5) is 4.04. The van der Waals surface area contributed by atoms with E-state index in [1.54, 1.807) is 6.07 Å². The molecule has 0 heterocycles. The number of aryl methyl sites for hydroxylation is 1. The van der Waals surface area contributed by atoms with Gasteiger partial charge in [0.05, 0.1) is 5.56 Å². The van der Waals surface area contributed by atoms with Crippen molar-refractivity contribution in [1.82, 2.24) is 0 Å². The van der Waals surface area contributed by atoms with Crippen molar-refractivity contribution in [3.63, 3.8) is 0 Å². The highest BCUT2D eigenvalue weighted by Gasteiger charge is 2.32. The minimum absolute atomic E-state index is 0.116. The maximum absolute atomic E-state index is 12.7. The first-order chi connectivity index (χ1) is 8.70. The Morgan fingerprint density at radius 3 is 2.53 bits per heavy atom. The maximum atomic E-state index is 12.7. The molecule has 0 aliphatic rings. The first kappa shape index (κ1) is 15.3. The van der Waals surface area contributed by atoms with Gasteiger partial charge in [-0.3, -0.25) is 4.99 Å². The molecule has 1 aromatic rings. The van der Waals surface area contributed by atoms with Crippen LogP contribution in [0.1, 0.15) is 25.0 Å². The van der Waals surface area contributed by atoms with Crippen molar-refractivity contribution in [2.45, 2.75) is 26.9 Å². The lowest BCUT2D eigenvalue weighted by Gasteiger charge is -2.13. The number of hydrogen-bond donors (Lipinski definition) is 2. The van der Waals surface area contributed by atoms with Gasteiger partial charge in [0.1, 0.15) is 0 Å². The van der Waals surface area contributed by atoms with Crippen molar-refractivity contribution in [3.8, 4) is 0 Å². The third-order valence-electron chi connectivity index (χ3n) is 2.44. The molecule has 0 aliphatic heterocycles. The van der Waals surface area contributed by atoms with E-state index >= 15 is 0 Å². The van der Waals surface area contributed by atoms with Crippen molar-refractivity contribution < 1.29 is 13.2 Å². The SMILES string of the molecule is Cc1ccc(NC(N)=NCC(C)C)cc1C(F)(F)F. The van der Waals surface area contributed by atoms with Gasteiger partial charge in [-0.25, -0.2) is 0 Å². The minimum atomic E-state index is -4.37. The molecule has 106 valence electrons. The van der Waals surface area contributed by atoms with Gasteiger partial charge in [0.15, 0.2) is 5.96 Å².